The van der Waals surface area contributed by atoms with Crippen LogP contribution in [0.25, 0.3) is 10.6 Å². The maximum atomic E-state index is 13.0. The van der Waals surface area contributed by atoms with Crippen LogP contribution in [0.2, 0.25) is 0 Å². The second-order valence-corrected chi connectivity index (χ2v) is 9.97. The number of hydrogen-bond donors (Lipinski definition) is 2. The Kier molecular flexibility index (Phi) is 6.28. The smallest absolute Gasteiger partial charge is 0.323 e. The molecule has 1 saturated carbocycles. The number of hydrogen-bond acceptors (Lipinski definition) is 6. The van der Waals surface area contributed by atoms with Gasteiger partial charge in [-0.3, -0.25) is 19.8 Å². The molecule has 9 heteroatoms. The molecule has 2 fully saturated rings. The van der Waals surface area contributed by atoms with Crippen LogP contribution in [0.3, 0.4) is 0 Å². The lowest BCUT2D eigenvalue weighted by molar-refractivity contribution is -0.135. The van der Waals surface area contributed by atoms with Gasteiger partial charge in [-0.15, -0.1) is 10.2 Å². The summed E-state index contributed by atoms with van der Waals surface area (Å²) in [5, 5.41) is 14.7. The van der Waals surface area contributed by atoms with Gasteiger partial charge in [-0.1, -0.05) is 62.8 Å². The molecule has 1 spiro atoms. The van der Waals surface area contributed by atoms with Crippen LogP contribution in [0.5, 0.6) is 0 Å². The lowest BCUT2D eigenvalue weighted by Crippen LogP contribution is -2.49. The highest BCUT2D eigenvalue weighted by Crippen LogP contribution is 2.37. The first-order valence-corrected chi connectivity index (χ1v) is 12.0. The van der Waals surface area contributed by atoms with Crippen LogP contribution in [0.4, 0.5) is 9.93 Å². The summed E-state index contributed by atoms with van der Waals surface area (Å²) in [4.78, 5) is 39.0. The van der Waals surface area contributed by atoms with E-state index in [0.717, 1.165) is 29.7 Å². The van der Waals surface area contributed by atoms with E-state index in [1.54, 1.807) is 0 Å². The zero-order valence-corrected chi connectivity index (χ0v) is 19.5. The number of nitrogens with one attached hydrogen (secondary N) is 2. The molecule has 4 rings (SSSR count). The Morgan fingerprint density at radius 1 is 1.22 bits per heavy atom. The minimum Gasteiger partial charge on any atom is -0.323 e. The van der Waals surface area contributed by atoms with E-state index in [1.807, 2.05) is 12.1 Å². The number of imide groups is 1. The molecular weight excluding hydrogens is 426 g/mol. The number of amides is 4. The Morgan fingerprint density at radius 3 is 2.53 bits per heavy atom. The predicted octanol–water partition coefficient (Wildman–Crippen LogP) is 4.16. The number of benzene rings is 1. The SMILES string of the molecule is CCC1CCC2(CC1)NC(=O)N(CC(=O)Nc1nnc(-c3ccc(C(C)C)cc3)s1)C2=O. The average Bonchev–Trinajstić information content (AvgIpc) is 3.33. The van der Waals surface area contributed by atoms with E-state index in [2.05, 4.69) is 53.7 Å². The molecule has 0 radical (unpaired) electrons. The molecule has 1 aliphatic heterocycles. The van der Waals surface area contributed by atoms with Crippen molar-refractivity contribution in [2.45, 2.75) is 64.3 Å². The molecule has 1 saturated heterocycles. The summed E-state index contributed by atoms with van der Waals surface area (Å²) in [6, 6.07) is 7.59. The van der Waals surface area contributed by atoms with Crippen LogP contribution in [0.15, 0.2) is 24.3 Å². The van der Waals surface area contributed by atoms with Gasteiger partial charge in [-0.05, 0) is 43.1 Å². The molecule has 170 valence electrons. The minimum absolute atomic E-state index is 0.296. The number of urea groups is 1. The van der Waals surface area contributed by atoms with Gasteiger partial charge in [0.15, 0.2) is 0 Å². The van der Waals surface area contributed by atoms with Gasteiger partial charge in [0, 0.05) is 5.56 Å². The first-order valence-electron chi connectivity index (χ1n) is 11.2. The van der Waals surface area contributed by atoms with E-state index >= 15 is 0 Å². The Hall–Kier alpha value is -2.81. The van der Waals surface area contributed by atoms with Crippen LogP contribution < -0.4 is 10.6 Å². The van der Waals surface area contributed by atoms with Crippen molar-refractivity contribution in [3.8, 4) is 10.6 Å². The lowest BCUT2D eigenvalue weighted by atomic mass is 9.75. The minimum atomic E-state index is -0.846. The first-order chi connectivity index (χ1) is 15.3. The summed E-state index contributed by atoms with van der Waals surface area (Å²) in [7, 11) is 0. The van der Waals surface area contributed by atoms with Gasteiger partial charge in [-0.2, -0.15) is 0 Å². The van der Waals surface area contributed by atoms with Gasteiger partial charge in [-0.25, -0.2) is 4.79 Å². The van der Waals surface area contributed by atoms with Gasteiger partial charge >= 0.3 is 6.03 Å². The monoisotopic (exact) mass is 455 g/mol. The molecule has 2 N–H and O–H groups in total. The Labute approximate surface area is 191 Å². The van der Waals surface area contributed by atoms with Crippen molar-refractivity contribution in [1.82, 2.24) is 20.4 Å². The molecule has 0 unspecified atom stereocenters. The standard InChI is InChI=1S/C23H29N5O3S/c1-4-15-9-11-23(12-10-15)20(30)28(22(31)25-23)13-18(29)24-21-27-26-19(32-21)17-7-5-16(6-8-17)14(2)3/h5-8,14-15H,4,9-13H2,1-3H3,(H,25,31)(H,24,27,29). The molecule has 1 aromatic carbocycles. The second kappa shape index (κ2) is 8.97. The van der Waals surface area contributed by atoms with Gasteiger partial charge < -0.3 is 5.32 Å². The van der Waals surface area contributed by atoms with E-state index in [-0.39, 0.29) is 12.5 Å². The number of carbonyl (C=O) groups is 3. The van der Waals surface area contributed by atoms with Gasteiger partial charge in [0.05, 0.1) is 0 Å². The normalized spacial score (nSPS) is 23.1. The average molecular weight is 456 g/mol. The molecule has 0 bridgehead atoms. The molecule has 1 aliphatic carbocycles. The molecule has 2 aromatic rings. The van der Waals surface area contributed by atoms with Crippen LogP contribution >= 0.6 is 11.3 Å². The van der Waals surface area contributed by atoms with E-state index < -0.39 is 17.5 Å². The molecule has 8 nitrogen and oxygen atoms in total. The summed E-state index contributed by atoms with van der Waals surface area (Å²) in [6.45, 7) is 6.09. The second-order valence-electron chi connectivity index (χ2n) is 8.99. The highest BCUT2D eigenvalue weighted by molar-refractivity contribution is 7.18. The summed E-state index contributed by atoms with van der Waals surface area (Å²) < 4.78 is 0. The van der Waals surface area contributed by atoms with E-state index in [0.29, 0.717) is 34.8 Å². The molecule has 0 atom stereocenters. The topological polar surface area (TPSA) is 104 Å². The van der Waals surface area contributed by atoms with Gasteiger partial charge in [0.2, 0.25) is 11.0 Å². The van der Waals surface area contributed by atoms with Crippen LogP contribution in [-0.4, -0.2) is 45.0 Å². The molecule has 4 amide bonds. The summed E-state index contributed by atoms with van der Waals surface area (Å²) in [6.07, 6.45) is 4.16. The van der Waals surface area contributed by atoms with Crippen LogP contribution in [0.1, 0.15) is 64.4 Å². The number of nitrogens with zero attached hydrogens (tertiary/aromatic N) is 3. The molecule has 1 aromatic heterocycles. The first kappa shape index (κ1) is 22.4. The third kappa shape index (κ3) is 4.39. The Balaban J connectivity index is 1.37. The predicted molar refractivity (Wildman–Crippen MR) is 123 cm³/mol. The molecule has 2 heterocycles. The number of carbonyl (C=O) groups excluding carboxylic acids is 3. The highest BCUT2D eigenvalue weighted by atomic mass is 32.1. The van der Waals surface area contributed by atoms with Crippen molar-refractivity contribution >= 4 is 34.3 Å². The van der Waals surface area contributed by atoms with E-state index in [4.69, 9.17) is 0 Å². The maximum Gasteiger partial charge on any atom is 0.325 e. The van der Waals surface area contributed by atoms with Gasteiger partial charge in [0.25, 0.3) is 5.91 Å². The highest BCUT2D eigenvalue weighted by Gasteiger charge is 2.52. The molecule has 2 aliphatic rings. The fourth-order valence-corrected chi connectivity index (χ4v) is 5.21. The zero-order valence-electron chi connectivity index (χ0n) is 18.7. The lowest BCUT2D eigenvalue weighted by Gasteiger charge is -2.34. The van der Waals surface area contributed by atoms with Crippen molar-refractivity contribution < 1.29 is 14.4 Å². The van der Waals surface area contributed by atoms with Gasteiger partial charge in [0.1, 0.15) is 17.1 Å². The maximum absolute atomic E-state index is 13.0. The van der Waals surface area contributed by atoms with Crippen molar-refractivity contribution in [3.63, 3.8) is 0 Å². The summed E-state index contributed by atoms with van der Waals surface area (Å²) in [5.74, 6) is 0.275. The van der Waals surface area contributed by atoms with Crippen molar-refractivity contribution in [3.05, 3.63) is 29.8 Å². The Morgan fingerprint density at radius 2 is 1.91 bits per heavy atom. The fourth-order valence-electron chi connectivity index (χ4n) is 4.44. The summed E-state index contributed by atoms with van der Waals surface area (Å²) >= 11 is 1.25. The quantitative estimate of drug-likeness (QED) is 0.637. The Bertz CT molecular complexity index is 1010. The van der Waals surface area contributed by atoms with E-state index in [9.17, 15) is 14.4 Å². The van der Waals surface area contributed by atoms with E-state index in [1.165, 1.54) is 16.9 Å². The summed E-state index contributed by atoms with van der Waals surface area (Å²) in [5.41, 5.74) is 1.31. The van der Waals surface area contributed by atoms with Crippen molar-refractivity contribution in [1.29, 1.82) is 0 Å². The largest absolute Gasteiger partial charge is 0.325 e. The number of aromatic nitrogens is 2. The van der Waals surface area contributed by atoms with Crippen molar-refractivity contribution in [2.75, 3.05) is 11.9 Å². The third-order valence-corrected chi connectivity index (χ3v) is 7.47. The van der Waals surface area contributed by atoms with Crippen LogP contribution in [0, 0.1) is 5.92 Å². The number of rotatable bonds is 6. The molecular formula is C23H29N5O3S. The zero-order chi connectivity index (χ0) is 22.9. The van der Waals surface area contributed by atoms with Crippen molar-refractivity contribution in [2.24, 2.45) is 5.92 Å². The number of anilines is 1. The molecule has 32 heavy (non-hydrogen) atoms. The van der Waals surface area contributed by atoms with Crippen LogP contribution in [-0.2, 0) is 9.59 Å². The fraction of sp³-hybridized carbons (Fsp3) is 0.522. The third-order valence-electron chi connectivity index (χ3n) is 6.58.